The molecule has 0 aliphatic heterocycles. The quantitative estimate of drug-likeness (QED) is 0.791. The molecule has 0 amide bonds. The first-order chi connectivity index (χ1) is 8.77. The zero-order valence-electron chi connectivity index (χ0n) is 11.1. The summed E-state index contributed by atoms with van der Waals surface area (Å²) in [5, 5.41) is 3.57. The number of nitrogens with zero attached hydrogens (tertiary/aromatic N) is 2. The Morgan fingerprint density at radius 3 is 2.89 bits per heavy atom. The molecule has 1 aromatic carbocycles. The molecule has 1 unspecified atom stereocenters. The topological polar surface area (TPSA) is 29.9 Å². The van der Waals surface area contributed by atoms with Crippen LogP contribution in [0.4, 0.5) is 0 Å². The second kappa shape index (κ2) is 6.36. The van der Waals surface area contributed by atoms with Crippen LogP contribution in [0.25, 0.3) is 0 Å². The highest BCUT2D eigenvalue weighted by molar-refractivity contribution is 5.28. The molecule has 1 aromatic heterocycles. The van der Waals surface area contributed by atoms with Crippen LogP contribution in [-0.4, -0.2) is 16.1 Å². The summed E-state index contributed by atoms with van der Waals surface area (Å²) in [5.41, 5.74) is 2.74. The van der Waals surface area contributed by atoms with Crippen molar-refractivity contribution in [1.29, 1.82) is 0 Å². The van der Waals surface area contributed by atoms with Crippen molar-refractivity contribution in [3.8, 4) is 0 Å². The molecule has 2 aromatic rings. The summed E-state index contributed by atoms with van der Waals surface area (Å²) in [7, 11) is 0. The van der Waals surface area contributed by atoms with Crippen LogP contribution in [0.5, 0.6) is 0 Å². The van der Waals surface area contributed by atoms with E-state index < -0.39 is 0 Å². The third-order valence-corrected chi connectivity index (χ3v) is 3.26. The molecule has 0 fully saturated rings. The Labute approximate surface area is 109 Å². The van der Waals surface area contributed by atoms with Crippen LogP contribution < -0.4 is 5.32 Å². The lowest BCUT2D eigenvalue weighted by Crippen LogP contribution is -2.21. The van der Waals surface area contributed by atoms with Crippen molar-refractivity contribution in [2.75, 3.05) is 6.54 Å². The van der Waals surface area contributed by atoms with E-state index in [4.69, 9.17) is 0 Å². The molecule has 0 saturated carbocycles. The lowest BCUT2D eigenvalue weighted by molar-refractivity contribution is 0.525. The lowest BCUT2D eigenvalue weighted by atomic mass is 10.0. The third kappa shape index (κ3) is 3.44. The smallest absolute Gasteiger partial charge is 0.0945 e. The standard InChI is InChI=1S/C15H21N3/c1-13-6-3-4-7-15(13)14(2)17-8-5-10-18-11-9-16-12-18/h3-4,6-7,9,11-12,14,17H,5,8,10H2,1-2H3. The van der Waals surface area contributed by atoms with E-state index >= 15 is 0 Å². The molecule has 0 aliphatic rings. The van der Waals surface area contributed by atoms with Gasteiger partial charge in [-0.2, -0.15) is 0 Å². The number of nitrogens with one attached hydrogen (secondary N) is 1. The number of imidazole rings is 1. The van der Waals surface area contributed by atoms with Crippen LogP contribution in [0, 0.1) is 6.92 Å². The highest BCUT2D eigenvalue weighted by Gasteiger charge is 2.06. The van der Waals surface area contributed by atoms with Gasteiger partial charge in [-0.1, -0.05) is 24.3 Å². The van der Waals surface area contributed by atoms with E-state index in [9.17, 15) is 0 Å². The molecule has 1 heterocycles. The van der Waals surface area contributed by atoms with Crippen molar-refractivity contribution in [3.63, 3.8) is 0 Å². The number of aromatic nitrogens is 2. The van der Waals surface area contributed by atoms with Crippen molar-refractivity contribution in [2.45, 2.75) is 32.9 Å². The molecule has 1 N–H and O–H groups in total. The Morgan fingerprint density at radius 2 is 2.17 bits per heavy atom. The fourth-order valence-corrected chi connectivity index (χ4v) is 2.18. The van der Waals surface area contributed by atoms with Gasteiger partial charge < -0.3 is 9.88 Å². The van der Waals surface area contributed by atoms with Gasteiger partial charge in [0, 0.05) is 25.0 Å². The molecule has 96 valence electrons. The molecule has 0 bridgehead atoms. The Morgan fingerprint density at radius 1 is 1.33 bits per heavy atom. The van der Waals surface area contributed by atoms with Gasteiger partial charge in [0.05, 0.1) is 6.33 Å². The predicted molar refractivity (Wildman–Crippen MR) is 74.4 cm³/mol. The highest BCUT2D eigenvalue weighted by Crippen LogP contribution is 2.16. The molecule has 1 atom stereocenters. The average Bonchev–Trinajstić information content (AvgIpc) is 2.88. The van der Waals surface area contributed by atoms with Gasteiger partial charge in [0.25, 0.3) is 0 Å². The zero-order chi connectivity index (χ0) is 12.8. The summed E-state index contributed by atoms with van der Waals surface area (Å²) in [4.78, 5) is 4.04. The first kappa shape index (κ1) is 12.8. The summed E-state index contributed by atoms with van der Waals surface area (Å²) < 4.78 is 2.11. The van der Waals surface area contributed by atoms with Crippen LogP contribution in [0.15, 0.2) is 43.0 Å². The summed E-state index contributed by atoms with van der Waals surface area (Å²) in [6, 6.07) is 8.97. The number of rotatable bonds is 6. The SMILES string of the molecule is Cc1ccccc1C(C)NCCCn1ccnc1. The highest BCUT2D eigenvalue weighted by atomic mass is 15.0. The van der Waals surface area contributed by atoms with E-state index in [0.717, 1.165) is 19.5 Å². The number of hydrogen-bond acceptors (Lipinski definition) is 2. The van der Waals surface area contributed by atoms with Gasteiger partial charge in [-0.3, -0.25) is 0 Å². The summed E-state index contributed by atoms with van der Waals surface area (Å²) in [6.45, 7) is 6.43. The second-order valence-electron chi connectivity index (χ2n) is 4.69. The average molecular weight is 243 g/mol. The van der Waals surface area contributed by atoms with Crippen LogP contribution in [0.3, 0.4) is 0 Å². The van der Waals surface area contributed by atoms with E-state index in [-0.39, 0.29) is 0 Å². The Hall–Kier alpha value is -1.61. The van der Waals surface area contributed by atoms with Crippen LogP contribution in [0.2, 0.25) is 0 Å². The van der Waals surface area contributed by atoms with Gasteiger partial charge in [-0.25, -0.2) is 4.98 Å². The van der Waals surface area contributed by atoms with Crippen molar-refractivity contribution >= 4 is 0 Å². The van der Waals surface area contributed by atoms with Crippen molar-refractivity contribution < 1.29 is 0 Å². The van der Waals surface area contributed by atoms with Gasteiger partial charge in [0.1, 0.15) is 0 Å². The number of benzene rings is 1. The maximum Gasteiger partial charge on any atom is 0.0945 e. The predicted octanol–water partition coefficient (Wildman–Crippen LogP) is 2.93. The Balaban J connectivity index is 1.75. The van der Waals surface area contributed by atoms with Crippen molar-refractivity contribution in [3.05, 3.63) is 54.1 Å². The summed E-state index contributed by atoms with van der Waals surface area (Å²) in [6.07, 6.45) is 6.81. The number of aryl methyl sites for hydroxylation is 2. The molecule has 3 nitrogen and oxygen atoms in total. The van der Waals surface area contributed by atoms with E-state index in [0.29, 0.717) is 6.04 Å². The maximum atomic E-state index is 4.04. The van der Waals surface area contributed by atoms with E-state index in [2.05, 4.69) is 53.0 Å². The molecule has 0 spiro atoms. The fourth-order valence-electron chi connectivity index (χ4n) is 2.18. The lowest BCUT2D eigenvalue weighted by Gasteiger charge is -2.16. The van der Waals surface area contributed by atoms with Gasteiger partial charge in [-0.15, -0.1) is 0 Å². The number of hydrogen-bond donors (Lipinski definition) is 1. The Kier molecular flexibility index (Phi) is 4.53. The zero-order valence-corrected chi connectivity index (χ0v) is 11.1. The second-order valence-corrected chi connectivity index (χ2v) is 4.69. The Bertz CT molecular complexity index is 462. The first-order valence-electron chi connectivity index (χ1n) is 6.52. The van der Waals surface area contributed by atoms with E-state index in [1.165, 1.54) is 11.1 Å². The largest absolute Gasteiger partial charge is 0.337 e. The first-order valence-corrected chi connectivity index (χ1v) is 6.52. The van der Waals surface area contributed by atoms with Gasteiger partial charge >= 0.3 is 0 Å². The molecule has 3 heteroatoms. The maximum absolute atomic E-state index is 4.04. The molecule has 2 rings (SSSR count). The van der Waals surface area contributed by atoms with E-state index in [1.54, 1.807) is 0 Å². The van der Waals surface area contributed by atoms with Crippen LogP contribution in [-0.2, 0) is 6.54 Å². The fraction of sp³-hybridized carbons (Fsp3) is 0.400. The normalized spacial score (nSPS) is 12.6. The summed E-state index contributed by atoms with van der Waals surface area (Å²) >= 11 is 0. The minimum Gasteiger partial charge on any atom is -0.337 e. The molecular formula is C15H21N3. The monoisotopic (exact) mass is 243 g/mol. The molecular weight excluding hydrogens is 222 g/mol. The molecule has 0 saturated heterocycles. The molecule has 18 heavy (non-hydrogen) atoms. The molecule has 0 radical (unpaired) electrons. The van der Waals surface area contributed by atoms with Gasteiger partial charge in [0.2, 0.25) is 0 Å². The minimum atomic E-state index is 0.411. The van der Waals surface area contributed by atoms with Crippen molar-refractivity contribution in [1.82, 2.24) is 14.9 Å². The summed E-state index contributed by atoms with van der Waals surface area (Å²) in [5.74, 6) is 0. The minimum absolute atomic E-state index is 0.411. The van der Waals surface area contributed by atoms with Crippen LogP contribution in [0.1, 0.15) is 30.5 Å². The van der Waals surface area contributed by atoms with Crippen molar-refractivity contribution in [2.24, 2.45) is 0 Å². The van der Waals surface area contributed by atoms with E-state index in [1.807, 2.05) is 18.7 Å². The third-order valence-electron chi connectivity index (χ3n) is 3.26. The van der Waals surface area contributed by atoms with Gasteiger partial charge in [0.15, 0.2) is 0 Å². The molecule has 0 aliphatic carbocycles. The van der Waals surface area contributed by atoms with Crippen LogP contribution >= 0.6 is 0 Å². The van der Waals surface area contributed by atoms with Gasteiger partial charge in [-0.05, 0) is 37.9 Å².